The van der Waals surface area contributed by atoms with E-state index in [2.05, 4.69) is 14.0 Å². The molecule has 1 heterocycles. The van der Waals surface area contributed by atoms with Gasteiger partial charge < -0.3 is 16.9 Å². The van der Waals surface area contributed by atoms with Crippen LogP contribution in [-0.4, -0.2) is 31.2 Å². The number of unbranched alkanes of at least 4 members (excludes halogenated alkanes) is 15. The smallest absolute Gasteiger partial charge is 0.0786 e. The fourth-order valence-electron chi connectivity index (χ4n) is 4.36. The SMILES string of the molecule is CCCCCCCCCCCCCCCCCC[N+]1(C)CCCC1.[Cl-]. The summed E-state index contributed by atoms with van der Waals surface area (Å²) in [6.07, 6.45) is 26.5. The van der Waals surface area contributed by atoms with Gasteiger partial charge in [-0.25, -0.2) is 0 Å². The third-order valence-electron chi connectivity index (χ3n) is 6.20. The normalized spacial score (nSPS) is 16.1. The molecule has 1 fully saturated rings. The van der Waals surface area contributed by atoms with Crippen molar-refractivity contribution in [3.63, 3.8) is 0 Å². The first-order valence-corrected chi connectivity index (χ1v) is 11.6. The Morgan fingerprint density at radius 3 is 1.20 bits per heavy atom. The van der Waals surface area contributed by atoms with Gasteiger partial charge in [0, 0.05) is 12.8 Å². The van der Waals surface area contributed by atoms with Gasteiger partial charge in [-0.3, -0.25) is 0 Å². The van der Waals surface area contributed by atoms with E-state index in [1.165, 1.54) is 140 Å². The molecule has 152 valence electrons. The van der Waals surface area contributed by atoms with E-state index in [4.69, 9.17) is 0 Å². The van der Waals surface area contributed by atoms with E-state index in [1.807, 2.05) is 0 Å². The average Bonchev–Trinajstić information content (AvgIpc) is 3.01. The molecule has 0 spiro atoms. The van der Waals surface area contributed by atoms with Crippen LogP contribution >= 0.6 is 0 Å². The van der Waals surface area contributed by atoms with Crippen molar-refractivity contribution in [2.45, 2.75) is 122 Å². The largest absolute Gasteiger partial charge is 1.00 e. The van der Waals surface area contributed by atoms with Gasteiger partial charge in [-0.15, -0.1) is 0 Å². The summed E-state index contributed by atoms with van der Waals surface area (Å²) in [7, 11) is 2.47. The van der Waals surface area contributed by atoms with Crippen molar-refractivity contribution in [1.29, 1.82) is 0 Å². The molecular weight excluding hydrogens is 326 g/mol. The minimum Gasteiger partial charge on any atom is -1.00 e. The molecular formula is C23H48ClN. The summed E-state index contributed by atoms with van der Waals surface area (Å²) >= 11 is 0. The average molecular weight is 374 g/mol. The van der Waals surface area contributed by atoms with Crippen LogP contribution in [0.4, 0.5) is 0 Å². The van der Waals surface area contributed by atoms with E-state index >= 15 is 0 Å². The zero-order valence-corrected chi connectivity index (χ0v) is 18.4. The Balaban J connectivity index is 0.00000576. The Kier molecular flexibility index (Phi) is 17.8. The summed E-state index contributed by atoms with van der Waals surface area (Å²) in [5.41, 5.74) is 0. The highest BCUT2D eigenvalue weighted by atomic mass is 35.5. The number of likely N-dealkylation sites (tertiary alicyclic amines) is 1. The van der Waals surface area contributed by atoms with Gasteiger partial charge in [0.2, 0.25) is 0 Å². The summed E-state index contributed by atoms with van der Waals surface area (Å²) in [4.78, 5) is 0. The quantitative estimate of drug-likeness (QED) is 0.260. The van der Waals surface area contributed by atoms with E-state index in [0.29, 0.717) is 0 Å². The maximum Gasteiger partial charge on any atom is 0.0786 e. The predicted octanol–water partition coefficient (Wildman–Crippen LogP) is 4.49. The summed E-state index contributed by atoms with van der Waals surface area (Å²) in [5.74, 6) is 0. The highest BCUT2D eigenvalue weighted by molar-refractivity contribution is 4.53. The van der Waals surface area contributed by atoms with E-state index in [9.17, 15) is 0 Å². The molecule has 0 amide bonds. The van der Waals surface area contributed by atoms with Gasteiger partial charge >= 0.3 is 0 Å². The fourth-order valence-corrected chi connectivity index (χ4v) is 4.36. The van der Waals surface area contributed by atoms with Crippen molar-refractivity contribution < 1.29 is 16.9 Å². The van der Waals surface area contributed by atoms with Crippen LogP contribution in [0.2, 0.25) is 0 Å². The first-order valence-electron chi connectivity index (χ1n) is 11.6. The highest BCUT2D eigenvalue weighted by Crippen LogP contribution is 2.18. The second-order valence-corrected chi connectivity index (χ2v) is 8.80. The Bertz CT molecular complexity index is 261. The van der Waals surface area contributed by atoms with Crippen LogP contribution in [0.15, 0.2) is 0 Å². The molecule has 0 bridgehead atoms. The Hall–Kier alpha value is 0.250. The van der Waals surface area contributed by atoms with Crippen molar-refractivity contribution in [1.82, 2.24) is 0 Å². The zero-order valence-electron chi connectivity index (χ0n) is 17.7. The molecule has 2 heteroatoms. The summed E-state index contributed by atoms with van der Waals surface area (Å²) < 4.78 is 1.37. The van der Waals surface area contributed by atoms with Gasteiger partial charge in [0.1, 0.15) is 0 Å². The lowest BCUT2D eigenvalue weighted by Crippen LogP contribution is -3.00. The molecule has 0 aromatic rings. The Labute approximate surface area is 166 Å². The molecule has 1 nitrogen and oxygen atoms in total. The monoisotopic (exact) mass is 373 g/mol. The van der Waals surface area contributed by atoms with Gasteiger partial charge in [-0.05, 0) is 12.8 Å². The predicted molar refractivity (Wildman–Crippen MR) is 110 cm³/mol. The molecule has 1 rings (SSSR count). The molecule has 0 aromatic heterocycles. The van der Waals surface area contributed by atoms with E-state index < -0.39 is 0 Å². The third kappa shape index (κ3) is 15.0. The molecule has 0 N–H and O–H groups in total. The highest BCUT2D eigenvalue weighted by Gasteiger charge is 2.25. The fraction of sp³-hybridized carbons (Fsp3) is 1.00. The lowest BCUT2D eigenvalue weighted by Gasteiger charge is -2.29. The molecule has 0 saturated carbocycles. The zero-order chi connectivity index (χ0) is 17.3. The van der Waals surface area contributed by atoms with Gasteiger partial charge in [0.15, 0.2) is 0 Å². The molecule has 0 aliphatic carbocycles. The standard InChI is InChI=1S/C23H48N.ClH/c1-3-4-5-6-7-8-9-10-11-12-13-14-15-16-17-18-21-24(2)22-19-20-23-24;/h3-23H2,1-2H3;1H/q+1;/p-1. The van der Waals surface area contributed by atoms with E-state index in [0.717, 1.165) is 0 Å². The lowest BCUT2D eigenvalue weighted by atomic mass is 10.0. The number of rotatable bonds is 17. The minimum absolute atomic E-state index is 0. The third-order valence-corrected chi connectivity index (χ3v) is 6.20. The maximum absolute atomic E-state index is 2.47. The molecule has 0 radical (unpaired) electrons. The first kappa shape index (κ1) is 25.2. The molecule has 0 atom stereocenters. The second-order valence-electron chi connectivity index (χ2n) is 8.80. The number of halogens is 1. The topological polar surface area (TPSA) is 0 Å². The lowest BCUT2D eigenvalue weighted by molar-refractivity contribution is -0.897. The van der Waals surface area contributed by atoms with Crippen LogP contribution in [0.5, 0.6) is 0 Å². The van der Waals surface area contributed by atoms with Crippen LogP contribution < -0.4 is 12.4 Å². The number of hydrogen-bond acceptors (Lipinski definition) is 0. The van der Waals surface area contributed by atoms with Gasteiger partial charge in [-0.2, -0.15) is 0 Å². The minimum atomic E-state index is 0. The van der Waals surface area contributed by atoms with Crippen molar-refractivity contribution >= 4 is 0 Å². The van der Waals surface area contributed by atoms with Gasteiger partial charge in [0.25, 0.3) is 0 Å². The molecule has 1 saturated heterocycles. The Morgan fingerprint density at radius 2 is 0.840 bits per heavy atom. The van der Waals surface area contributed by atoms with Crippen LogP contribution in [0, 0.1) is 0 Å². The number of nitrogens with zero attached hydrogens (tertiary/aromatic N) is 1. The van der Waals surface area contributed by atoms with E-state index in [1.54, 1.807) is 0 Å². The van der Waals surface area contributed by atoms with Crippen molar-refractivity contribution in [2.24, 2.45) is 0 Å². The summed E-state index contributed by atoms with van der Waals surface area (Å²) in [6, 6.07) is 0. The summed E-state index contributed by atoms with van der Waals surface area (Å²) in [6.45, 7) is 6.63. The first-order chi connectivity index (χ1) is 11.8. The number of quaternary nitrogens is 1. The molecule has 1 aliphatic rings. The summed E-state index contributed by atoms with van der Waals surface area (Å²) in [5, 5.41) is 0. The van der Waals surface area contributed by atoms with Gasteiger partial charge in [0.05, 0.1) is 26.7 Å². The van der Waals surface area contributed by atoms with E-state index in [-0.39, 0.29) is 12.4 Å². The van der Waals surface area contributed by atoms with Crippen LogP contribution in [0.3, 0.4) is 0 Å². The molecule has 1 aliphatic heterocycles. The molecule has 25 heavy (non-hydrogen) atoms. The maximum atomic E-state index is 2.47. The van der Waals surface area contributed by atoms with Crippen LogP contribution in [0.25, 0.3) is 0 Å². The second kappa shape index (κ2) is 17.7. The molecule has 0 aromatic carbocycles. The van der Waals surface area contributed by atoms with Crippen LogP contribution in [0.1, 0.15) is 122 Å². The van der Waals surface area contributed by atoms with Crippen molar-refractivity contribution in [3.05, 3.63) is 0 Å². The molecule has 0 unspecified atom stereocenters. The van der Waals surface area contributed by atoms with Crippen molar-refractivity contribution in [2.75, 3.05) is 26.7 Å². The number of hydrogen-bond donors (Lipinski definition) is 0. The van der Waals surface area contributed by atoms with Crippen LogP contribution in [-0.2, 0) is 0 Å². The Morgan fingerprint density at radius 1 is 0.520 bits per heavy atom. The van der Waals surface area contributed by atoms with Gasteiger partial charge in [-0.1, -0.05) is 96.8 Å². The van der Waals surface area contributed by atoms with Crippen molar-refractivity contribution in [3.8, 4) is 0 Å².